The molecule has 0 saturated heterocycles. The molecule has 1 aliphatic carbocycles. The van der Waals surface area contributed by atoms with Crippen LogP contribution < -0.4 is 5.56 Å². The number of aromatic amines is 1. The van der Waals surface area contributed by atoms with Crippen molar-refractivity contribution >= 4 is 17.3 Å². The highest BCUT2D eigenvalue weighted by molar-refractivity contribution is 6.31. The molecule has 0 bridgehead atoms. The number of fused-ring (bicyclic) bond motifs is 1. The molecule has 8 heteroatoms. The van der Waals surface area contributed by atoms with Crippen molar-refractivity contribution in [2.75, 3.05) is 6.54 Å². The monoisotopic (exact) mass is 374 g/mol. The summed E-state index contributed by atoms with van der Waals surface area (Å²) in [5.74, 6) is 1.42. The Morgan fingerprint density at radius 1 is 1.38 bits per heavy atom. The first-order valence-corrected chi connectivity index (χ1v) is 9.13. The summed E-state index contributed by atoms with van der Waals surface area (Å²) in [5.41, 5.74) is 2.29. The van der Waals surface area contributed by atoms with Gasteiger partial charge in [0.2, 0.25) is 0 Å². The molecule has 0 atom stereocenters. The van der Waals surface area contributed by atoms with Gasteiger partial charge in [0.1, 0.15) is 5.82 Å². The number of nitrogens with zero attached hydrogens (tertiary/aromatic N) is 3. The molecule has 1 fully saturated rings. The Morgan fingerprint density at radius 3 is 2.92 bits per heavy atom. The second kappa shape index (κ2) is 6.81. The summed E-state index contributed by atoms with van der Waals surface area (Å²) in [5, 5.41) is 11.5. The minimum absolute atomic E-state index is 0.0290. The fourth-order valence-electron chi connectivity index (χ4n) is 3.41. The maximum absolute atomic E-state index is 12.3. The second-order valence-electron chi connectivity index (χ2n) is 7.08. The van der Waals surface area contributed by atoms with E-state index in [1.54, 1.807) is 6.07 Å². The topological polar surface area (TPSA) is 92.1 Å². The van der Waals surface area contributed by atoms with Gasteiger partial charge < -0.3 is 4.98 Å². The summed E-state index contributed by atoms with van der Waals surface area (Å²) in [7, 11) is 0. The summed E-state index contributed by atoms with van der Waals surface area (Å²) >= 11 is 6.22. The standard InChI is InChI=1S/C18H19ClN4O3/c19-15-4-3-13(23(25)26)8-12(15)9-22-6-5-14-16(10-22)20-17(21-18(14)24)7-11-1-2-11/h3-4,8,11H,1-2,5-7,9-10H2,(H,20,21,24). The van der Waals surface area contributed by atoms with Gasteiger partial charge in [-0.05, 0) is 36.8 Å². The molecule has 0 amide bonds. The Labute approximate surface area is 155 Å². The fraction of sp³-hybridized carbons (Fsp3) is 0.444. The minimum Gasteiger partial charge on any atom is -0.310 e. The Balaban J connectivity index is 1.54. The molecule has 2 aromatic rings. The van der Waals surface area contributed by atoms with E-state index in [9.17, 15) is 14.9 Å². The van der Waals surface area contributed by atoms with Crippen molar-refractivity contribution in [3.05, 3.63) is 66.3 Å². The average molecular weight is 375 g/mol. The number of hydrogen-bond acceptors (Lipinski definition) is 5. The lowest BCUT2D eigenvalue weighted by molar-refractivity contribution is -0.384. The number of nitro benzene ring substituents is 1. The van der Waals surface area contributed by atoms with Gasteiger partial charge in [0.05, 0.1) is 10.6 Å². The normalized spacial score (nSPS) is 17.1. The lowest BCUT2D eigenvalue weighted by Gasteiger charge is -2.28. The van der Waals surface area contributed by atoms with Gasteiger partial charge in [0.15, 0.2) is 0 Å². The van der Waals surface area contributed by atoms with Gasteiger partial charge in [0.25, 0.3) is 11.2 Å². The number of nitro groups is 1. The fourth-order valence-corrected chi connectivity index (χ4v) is 3.59. The third kappa shape index (κ3) is 3.64. The zero-order chi connectivity index (χ0) is 18.3. The van der Waals surface area contributed by atoms with Crippen LogP contribution in [0, 0.1) is 16.0 Å². The minimum atomic E-state index is -0.420. The van der Waals surface area contributed by atoms with E-state index in [2.05, 4.69) is 14.9 Å². The van der Waals surface area contributed by atoms with Crippen LogP contribution in [-0.4, -0.2) is 26.3 Å². The van der Waals surface area contributed by atoms with E-state index in [0.29, 0.717) is 42.6 Å². The van der Waals surface area contributed by atoms with Crippen molar-refractivity contribution < 1.29 is 4.92 Å². The molecule has 26 heavy (non-hydrogen) atoms. The van der Waals surface area contributed by atoms with E-state index in [1.165, 1.54) is 25.0 Å². The summed E-state index contributed by atoms with van der Waals surface area (Å²) in [4.78, 5) is 32.6. The highest BCUT2D eigenvalue weighted by atomic mass is 35.5. The quantitative estimate of drug-likeness (QED) is 0.641. The molecule has 136 valence electrons. The van der Waals surface area contributed by atoms with Crippen LogP contribution in [0.15, 0.2) is 23.0 Å². The lowest BCUT2D eigenvalue weighted by Crippen LogP contribution is -2.35. The van der Waals surface area contributed by atoms with E-state index < -0.39 is 4.92 Å². The summed E-state index contributed by atoms with van der Waals surface area (Å²) < 4.78 is 0. The number of non-ortho nitro benzene ring substituents is 1. The lowest BCUT2D eigenvalue weighted by atomic mass is 10.0. The van der Waals surface area contributed by atoms with Crippen LogP contribution >= 0.6 is 11.6 Å². The molecule has 0 spiro atoms. The first-order chi connectivity index (χ1) is 12.5. The number of benzene rings is 1. The predicted octanol–water partition coefficient (Wildman–Crippen LogP) is 2.84. The Kier molecular flexibility index (Phi) is 4.50. The molecule has 2 heterocycles. The molecule has 2 aliphatic rings. The van der Waals surface area contributed by atoms with Gasteiger partial charge >= 0.3 is 0 Å². The molecular formula is C18H19ClN4O3. The maximum atomic E-state index is 12.3. The number of H-pyrrole nitrogens is 1. The second-order valence-corrected chi connectivity index (χ2v) is 7.49. The van der Waals surface area contributed by atoms with Crippen LogP contribution in [-0.2, 0) is 25.9 Å². The SMILES string of the molecule is O=c1[nH]c(CC2CC2)nc2c1CCN(Cc1cc([N+](=O)[O-])ccc1Cl)C2. The molecule has 1 aromatic heterocycles. The van der Waals surface area contributed by atoms with Crippen LogP contribution in [0.5, 0.6) is 0 Å². The zero-order valence-corrected chi connectivity index (χ0v) is 15.0. The summed E-state index contributed by atoms with van der Waals surface area (Å²) in [6.07, 6.45) is 3.86. The van der Waals surface area contributed by atoms with Crippen molar-refractivity contribution in [2.24, 2.45) is 5.92 Å². The first-order valence-electron chi connectivity index (χ1n) is 8.75. The molecule has 1 N–H and O–H groups in total. The largest absolute Gasteiger partial charge is 0.310 e. The highest BCUT2D eigenvalue weighted by Gasteiger charge is 2.26. The van der Waals surface area contributed by atoms with E-state index in [0.717, 1.165) is 23.5 Å². The average Bonchev–Trinajstić information content (AvgIpc) is 3.40. The van der Waals surface area contributed by atoms with E-state index in [4.69, 9.17) is 11.6 Å². The first kappa shape index (κ1) is 17.2. The van der Waals surface area contributed by atoms with Crippen molar-refractivity contribution in [3.8, 4) is 0 Å². The molecule has 0 radical (unpaired) electrons. The van der Waals surface area contributed by atoms with E-state index in [1.807, 2.05) is 0 Å². The van der Waals surface area contributed by atoms with Gasteiger partial charge in [0, 0.05) is 48.8 Å². The van der Waals surface area contributed by atoms with Crippen molar-refractivity contribution in [2.45, 2.75) is 38.8 Å². The van der Waals surface area contributed by atoms with Gasteiger partial charge in [-0.2, -0.15) is 0 Å². The van der Waals surface area contributed by atoms with E-state index in [-0.39, 0.29) is 11.2 Å². The molecule has 1 saturated carbocycles. The van der Waals surface area contributed by atoms with E-state index >= 15 is 0 Å². The van der Waals surface area contributed by atoms with Crippen LogP contribution in [0.3, 0.4) is 0 Å². The number of aromatic nitrogens is 2. The van der Waals surface area contributed by atoms with Crippen molar-refractivity contribution in [3.63, 3.8) is 0 Å². The Morgan fingerprint density at radius 2 is 2.19 bits per heavy atom. The summed E-state index contributed by atoms with van der Waals surface area (Å²) in [6, 6.07) is 4.48. The molecule has 0 unspecified atom stereocenters. The third-order valence-electron chi connectivity index (χ3n) is 5.01. The van der Waals surface area contributed by atoms with Crippen LogP contribution in [0.1, 0.15) is 35.5 Å². The van der Waals surface area contributed by atoms with Crippen LogP contribution in [0.2, 0.25) is 5.02 Å². The Bertz CT molecular complexity index is 923. The van der Waals surface area contributed by atoms with Gasteiger partial charge in [-0.1, -0.05) is 11.6 Å². The van der Waals surface area contributed by atoms with Crippen molar-refractivity contribution in [1.29, 1.82) is 0 Å². The molecule has 1 aliphatic heterocycles. The third-order valence-corrected chi connectivity index (χ3v) is 5.38. The number of halogens is 1. The predicted molar refractivity (Wildman–Crippen MR) is 97.2 cm³/mol. The van der Waals surface area contributed by atoms with Gasteiger partial charge in [-0.25, -0.2) is 4.98 Å². The zero-order valence-electron chi connectivity index (χ0n) is 14.2. The number of rotatable bonds is 5. The molecule has 7 nitrogen and oxygen atoms in total. The van der Waals surface area contributed by atoms with Crippen LogP contribution in [0.4, 0.5) is 5.69 Å². The highest BCUT2D eigenvalue weighted by Crippen LogP contribution is 2.32. The van der Waals surface area contributed by atoms with Crippen molar-refractivity contribution in [1.82, 2.24) is 14.9 Å². The van der Waals surface area contributed by atoms with Gasteiger partial charge in [-0.15, -0.1) is 0 Å². The number of nitrogens with one attached hydrogen (secondary N) is 1. The molecule has 4 rings (SSSR count). The number of hydrogen-bond donors (Lipinski definition) is 1. The summed E-state index contributed by atoms with van der Waals surface area (Å²) in [6.45, 7) is 1.74. The smallest absolute Gasteiger partial charge is 0.269 e. The Hall–Kier alpha value is -2.25. The molecular weight excluding hydrogens is 356 g/mol. The maximum Gasteiger partial charge on any atom is 0.269 e. The van der Waals surface area contributed by atoms with Crippen LogP contribution in [0.25, 0.3) is 0 Å². The van der Waals surface area contributed by atoms with Gasteiger partial charge in [-0.3, -0.25) is 19.8 Å². The molecule has 1 aromatic carbocycles.